The number of fused-ring (bicyclic) bond motifs is 1. The molecule has 2 atom stereocenters. The lowest BCUT2D eigenvalue weighted by Crippen LogP contribution is -2.51. The van der Waals surface area contributed by atoms with Gasteiger partial charge in [-0.05, 0) is 12.8 Å². The molecular formula is C10H18N2O3S. The molecule has 0 spiro atoms. The Hall–Kier alpha value is -0.620. The van der Waals surface area contributed by atoms with Gasteiger partial charge in [-0.3, -0.25) is 4.79 Å². The van der Waals surface area contributed by atoms with Gasteiger partial charge in [-0.1, -0.05) is 0 Å². The zero-order chi connectivity index (χ0) is 11.8. The second-order valence-electron chi connectivity index (χ2n) is 4.86. The fourth-order valence-electron chi connectivity index (χ4n) is 2.87. The highest BCUT2D eigenvalue weighted by molar-refractivity contribution is 7.92. The smallest absolute Gasteiger partial charge is 0.216 e. The maximum absolute atomic E-state index is 12.0. The summed E-state index contributed by atoms with van der Waals surface area (Å²) in [7, 11) is -2.98. The van der Waals surface area contributed by atoms with E-state index in [2.05, 4.69) is 10.6 Å². The van der Waals surface area contributed by atoms with Crippen LogP contribution in [0.15, 0.2) is 0 Å². The van der Waals surface area contributed by atoms with Crippen LogP contribution in [0.4, 0.5) is 0 Å². The van der Waals surface area contributed by atoms with Crippen molar-refractivity contribution in [3.8, 4) is 0 Å². The normalized spacial score (nSPS) is 36.7. The number of carbonyl (C=O) groups excluding carboxylic acids is 1. The molecule has 1 amide bonds. The van der Waals surface area contributed by atoms with Gasteiger partial charge >= 0.3 is 0 Å². The molecule has 2 rings (SSSR count). The van der Waals surface area contributed by atoms with Crippen LogP contribution in [0.25, 0.3) is 0 Å². The summed E-state index contributed by atoms with van der Waals surface area (Å²) in [6.07, 6.45) is 1.59. The largest absolute Gasteiger partial charge is 0.356 e. The van der Waals surface area contributed by atoms with Gasteiger partial charge in [-0.2, -0.15) is 0 Å². The first-order valence-electron chi connectivity index (χ1n) is 5.63. The van der Waals surface area contributed by atoms with Crippen molar-refractivity contribution >= 4 is 15.7 Å². The zero-order valence-corrected chi connectivity index (χ0v) is 10.3. The van der Waals surface area contributed by atoms with Crippen LogP contribution >= 0.6 is 0 Å². The molecule has 0 aromatic rings. The van der Waals surface area contributed by atoms with E-state index in [0.29, 0.717) is 31.8 Å². The predicted octanol–water partition coefficient (Wildman–Crippen LogP) is -0.711. The molecule has 2 N–H and O–H groups in total. The third-order valence-corrected chi connectivity index (χ3v) is 6.11. The highest BCUT2D eigenvalue weighted by atomic mass is 32.2. The Bertz CT molecular complexity index is 393. The van der Waals surface area contributed by atoms with Crippen molar-refractivity contribution in [2.24, 2.45) is 5.41 Å². The molecule has 0 aromatic carbocycles. The van der Waals surface area contributed by atoms with Crippen molar-refractivity contribution in [1.29, 1.82) is 0 Å². The molecule has 6 heteroatoms. The van der Waals surface area contributed by atoms with Crippen molar-refractivity contribution in [2.45, 2.75) is 25.0 Å². The lowest BCUT2D eigenvalue weighted by atomic mass is 9.81. The number of sulfone groups is 1. The Morgan fingerprint density at radius 3 is 3.00 bits per heavy atom. The molecule has 2 heterocycles. The number of carbonyl (C=O) groups is 1. The average molecular weight is 246 g/mol. The molecule has 0 bridgehead atoms. The van der Waals surface area contributed by atoms with Gasteiger partial charge in [0.05, 0.1) is 11.0 Å². The van der Waals surface area contributed by atoms with E-state index in [1.54, 1.807) is 0 Å². The molecule has 2 saturated heterocycles. The Morgan fingerprint density at radius 1 is 1.56 bits per heavy atom. The number of rotatable bonds is 2. The van der Waals surface area contributed by atoms with E-state index in [0.717, 1.165) is 6.42 Å². The fourth-order valence-corrected chi connectivity index (χ4v) is 5.12. The first kappa shape index (κ1) is 11.9. The van der Waals surface area contributed by atoms with Crippen LogP contribution in [-0.2, 0) is 14.6 Å². The second-order valence-corrected chi connectivity index (χ2v) is 7.17. The Kier molecular flexibility index (Phi) is 2.96. The predicted molar refractivity (Wildman–Crippen MR) is 60.8 cm³/mol. The van der Waals surface area contributed by atoms with Crippen molar-refractivity contribution in [3.05, 3.63) is 0 Å². The standard InChI is InChI=1S/C10H18N2O3S/c1-8(13)12-7-10-3-2-4-16(14,15)9(10)5-11-6-10/h9,11H,2-7H2,1H3,(H,12,13). The van der Waals surface area contributed by atoms with E-state index in [9.17, 15) is 13.2 Å². The number of hydrogen-bond acceptors (Lipinski definition) is 4. The molecule has 5 nitrogen and oxygen atoms in total. The SMILES string of the molecule is CC(=O)NCC12CCCS(=O)(=O)C1CNC2. The van der Waals surface area contributed by atoms with Crippen LogP contribution in [0.5, 0.6) is 0 Å². The van der Waals surface area contributed by atoms with E-state index >= 15 is 0 Å². The monoisotopic (exact) mass is 246 g/mol. The minimum Gasteiger partial charge on any atom is -0.356 e. The highest BCUT2D eigenvalue weighted by Gasteiger charge is 2.51. The number of hydrogen-bond donors (Lipinski definition) is 2. The van der Waals surface area contributed by atoms with E-state index < -0.39 is 9.84 Å². The summed E-state index contributed by atoms with van der Waals surface area (Å²) >= 11 is 0. The minimum absolute atomic E-state index is 0.0944. The molecule has 2 aliphatic heterocycles. The van der Waals surface area contributed by atoms with Gasteiger partial charge in [0.1, 0.15) is 0 Å². The summed E-state index contributed by atoms with van der Waals surface area (Å²) in [6.45, 7) is 3.16. The van der Waals surface area contributed by atoms with Crippen molar-refractivity contribution < 1.29 is 13.2 Å². The Morgan fingerprint density at radius 2 is 2.31 bits per heavy atom. The first-order chi connectivity index (χ1) is 7.46. The maximum Gasteiger partial charge on any atom is 0.216 e. The zero-order valence-electron chi connectivity index (χ0n) is 9.45. The third-order valence-electron chi connectivity index (χ3n) is 3.72. The van der Waals surface area contributed by atoms with Gasteiger partial charge < -0.3 is 10.6 Å². The van der Waals surface area contributed by atoms with Gasteiger partial charge in [0.2, 0.25) is 5.91 Å². The summed E-state index contributed by atoms with van der Waals surface area (Å²) in [5, 5.41) is 5.61. The van der Waals surface area contributed by atoms with Gasteiger partial charge in [0.15, 0.2) is 9.84 Å². The van der Waals surface area contributed by atoms with Crippen LogP contribution in [0.2, 0.25) is 0 Å². The minimum atomic E-state index is -2.98. The molecule has 16 heavy (non-hydrogen) atoms. The highest BCUT2D eigenvalue weighted by Crippen LogP contribution is 2.39. The van der Waals surface area contributed by atoms with Crippen molar-refractivity contribution in [3.63, 3.8) is 0 Å². The topological polar surface area (TPSA) is 75.3 Å². The molecule has 0 saturated carbocycles. The fraction of sp³-hybridized carbons (Fsp3) is 0.900. The molecule has 92 valence electrons. The number of amides is 1. The van der Waals surface area contributed by atoms with Gasteiger partial charge in [0, 0.05) is 32.0 Å². The van der Waals surface area contributed by atoms with Crippen LogP contribution in [0, 0.1) is 5.41 Å². The van der Waals surface area contributed by atoms with Crippen molar-refractivity contribution in [2.75, 3.05) is 25.4 Å². The molecule has 2 fully saturated rings. The van der Waals surface area contributed by atoms with Crippen LogP contribution in [0.1, 0.15) is 19.8 Å². The van der Waals surface area contributed by atoms with Crippen LogP contribution < -0.4 is 10.6 Å². The summed E-state index contributed by atoms with van der Waals surface area (Å²) in [6, 6.07) is 0. The lowest BCUT2D eigenvalue weighted by Gasteiger charge is -2.38. The summed E-state index contributed by atoms with van der Waals surface area (Å²) < 4.78 is 23.9. The molecular weight excluding hydrogens is 228 g/mol. The second kappa shape index (κ2) is 4.00. The summed E-state index contributed by atoms with van der Waals surface area (Å²) in [5.74, 6) is 0.198. The molecule has 0 aliphatic carbocycles. The van der Waals surface area contributed by atoms with E-state index in [1.807, 2.05) is 0 Å². The van der Waals surface area contributed by atoms with Gasteiger partial charge in [-0.25, -0.2) is 8.42 Å². The Balaban J connectivity index is 2.20. The molecule has 0 aromatic heterocycles. The van der Waals surface area contributed by atoms with Crippen LogP contribution in [-0.4, -0.2) is 45.0 Å². The number of nitrogens with one attached hydrogen (secondary N) is 2. The van der Waals surface area contributed by atoms with E-state index in [-0.39, 0.29) is 16.6 Å². The summed E-state index contributed by atoms with van der Waals surface area (Å²) in [4.78, 5) is 11.0. The van der Waals surface area contributed by atoms with E-state index in [4.69, 9.17) is 0 Å². The molecule has 2 aliphatic rings. The average Bonchev–Trinajstić information content (AvgIpc) is 2.60. The van der Waals surface area contributed by atoms with E-state index in [1.165, 1.54) is 6.92 Å². The van der Waals surface area contributed by atoms with Crippen molar-refractivity contribution in [1.82, 2.24) is 10.6 Å². The van der Waals surface area contributed by atoms with Gasteiger partial charge in [0.25, 0.3) is 0 Å². The quantitative estimate of drug-likeness (QED) is 0.675. The third kappa shape index (κ3) is 1.96. The lowest BCUT2D eigenvalue weighted by molar-refractivity contribution is -0.119. The van der Waals surface area contributed by atoms with Gasteiger partial charge in [-0.15, -0.1) is 0 Å². The summed E-state index contributed by atoms with van der Waals surface area (Å²) in [5.41, 5.74) is -0.275. The Labute approximate surface area is 95.9 Å². The maximum atomic E-state index is 12.0. The first-order valence-corrected chi connectivity index (χ1v) is 7.35. The van der Waals surface area contributed by atoms with Crippen LogP contribution in [0.3, 0.4) is 0 Å². The molecule has 2 unspecified atom stereocenters. The molecule has 0 radical (unpaired) electrons.